The topological polar surface area (TPSA) is 51.8 Å². The summed E-state index contributed by atoms with van der Waals surface area (Å²) in [6.45, 7) is 0. The second-order valence-electron chi connectivity index (χ2n) is 4.34. The summed E-state index contributed by atoms with van der Waals surface area (Å²) in [6, 6.07) is 0. The highest BCUT2D eigenvalue weighted by Gasteiger charge is 2.11. The van der Waals surface area contributed by atoms with Gasteiger partial charge in [0.2, 0.25) is 5.95 Å². The smallest absolute Gasteiger partial charge is 0.219 e. The Balaban J connectivity index is 1.87. The summed E-state index contributed by atoms with van der Waals surface area (Å²) in [5, 5.41) is 0. The number of nitrogens with zero attached hydrogens (tertiary/aromatic N) is 2. The van der Waals surface area contributed by atoms with Crippen molar-refractivity contribution in [2.45, 2.75) is 38.5 Å². The summed E-state index contributed by atoms with van der Waals surface area (Å²) in [5.74, 6) is 7.41. The normalized spacial score (nSPS) is 16.5. The van der Waals surface area contributed by atoms with E-state index in [1.165, 1.54) is 32.1 Å². The van der Waals surface area contributed by atoms with Crippen LogP contribution in [0.4, 0.5) is 5.95 Å². The Hall–Kier alpha value is -1.56. The third-order valence-corrected chi connectivity index (χ3v) is 3.02. The maximum atomic E-state index is 5.40. The lowest BCUT2D eigenvalue weighted by Crippen LogP contribution is -2.04. The molecular formula is C13H17N3. The van der Waals surface area contributed by atoms with Crippen LogP contribution in [0.25, 0.3) is 0 Å². The largest absolute Gasteiger partial charge is 0.368 e. The van der Waals surface area contributed by atoms with Crippen LogP contribution in [0.15, 0.2) is 12.4 Å². The second kappa shape index (κ2) is 5.50. The van der Waals surface area contributed by atoms with E-state index in [2.05, 4.69) is 21.8 Å². The standard InChI is InChI=1S/C13H17N3/c14-13-15-9-12(10-16-13)8-4-7-11-5-2-1-3-6-11/h9-11H,1-3,5-7H2,(H2,14,15,16). The number of nitrogen functional groups attached to an aromatic ring is 1. The van der Waals surface area contributed by atoms with Crippen LogP contribution in [-0.2, 0) is 0 Å². The van der Waals surface area contributed by atoms with Gasteiger partial charge >= 0.3 is 0 Å². The van der Waals surface area contributed by atoms with Crippen molar-refractivity contribution in [2.75, 3.05) is 5.73 Å². The van der Waals surface area contributed by atoms with Crippen LogP contribution in [-0.4, -0.2) is 9.97 Å². The van der Waals surface area contributed by atoms with Gasteiger partial charge in [0, 0.05) is 18.8 Å². The monoisotopic (exact) mass is 215 g/mol. The van der Waals surface area contributed by atoms with E-state index in [4.69, 9.17) is 5.73 Å². The molecule has 0 unspecified atom stereocenters. The van der Waals surface area contributed by atoms with Gasteiger partial charge < -0.3 is 5.73 Å². The molecule has 0 saturated heterocycles. The lowest BCUT2D eigenvalue weighted by molar-refractivity contribution is 0.365. The Morgan fingerprint density at radius 1 is 1.19 bits per heavy atom. The average Bonchev–Trinajstić information content (AvgIpc) is 2.33. The fraction of sp³-hybridized carbons (Fsp3) is 0.538. The number of rotatable bonds is 1. The van der Waals surface area contributed by atoms with E-state index in [1.54, 1.807) is 12.4 Å². The van der Waals surface area contributed by atoms with Gasteiger partial charge in [0.25, 0.3) is 0 Å². The molecule has 0 radical (unpaired) electrons. The average molecular weight is 215 g/mol. The minimum atomic E-state index is 0.304. The van der Waals surface area contributed by atoms with Gasteiger partial charge in [0.15, 0.2) is 0 Å². The van der Waals surface area contributed by atoms with Crippen molar-refractivity contribution in [1.82, 2.24) is 9.97 Å². The molecule has 1 heterocycles. The van der Waals surface area contributed by atoms with Crippen molar-refractivity contribution >= 4 is 5.95 Å². The first-order chi connectivity index (χ1) is 7.84. The molecule has 1 aliphatic carbocycles. The minimum Gasteiger partial charge on any atom is -0.368 e. The first kappa shape index (κ1) is 10.9. The fourth-order valence-corrected chi connectivity index (χ4v) is 2.09. The highest BCUT2D eigenvalue weighted by atomic mass is 15.0. The summed E-state index contributed by atoms with van der Waals surface area (Å²) < 4.78 is 0. The maximum Gasteiger partial charge on any atom is 0.219 e. The van der Waals surface area contributed by atoms with Crippen molar-refractivity contribution in [2.24, 2.45) is 5.92 Å². The molecule has 1 aliphatic rings. The van der Waals surface area contributed by atoms with Crippen LogP contribution in [0.1, 0.15) is 44.1 Å². The number of hydrogen-bond acceptors (Lipinski definition) is 3. The van der Waals surface area contributed by atoms with Gasteiger partial charge in [-0.2, -0.15) is 0 Å². The van der Waals surface area contributed by atoms with Crippen molar-refractivity contribution in [3.05, 3.63) is 18.0 Å². The van der Waals surface area contributed by atoms with Crippen LogP contribution >= 0.6 is 0 Å². The highest BCUT2D eigenvalue weighted by molar-refractivity contribution is 5.31. The van der Waals surface area contributed by atoms with Gasteiger partial charge in [-0.1, -0.05) is 31.1 Å². The summed E-state index contributed by atoms with van der Waals surface area (Å²) >= 11 is 0. The molecule has 1 aromatic heterocycles. The van der Waals surface area contributed by atoms with Crippen LogP contribution in [0.5, 0.6) is 0 Å². The molecule has 0 spiro atoms. The highest BCUT2D eigenvalue weighted by Crippen LogP contribution is 2.25. The zero-order valence-electron chi connectivity index (χ0n) is 9.45. The molecule has 1 saturated carbocycles. The first-order valence-electron chi connectivity index (χ1n) is 5.91. The van der Waals surface area contributed by atoms with Gasteiger partial charge in [-0.05, 0) is 18.8 Å². The Morgan fingerprint density at radius 3 is 2.56 bits per heavy atom. The van der Waals surface area contributed by atoms with E-state index >= 15 is 0 Å². The molecule has 3 heteroatoms. The molecule has 0 atom stereocenters. The molecule has 0 aromatic carbocycles. The molecule has 0 aliphatic heterocycles. The molecule has 1 aromatic rings. The Labute approximate surface area is 96.5 Å². The van der Waals surface area contributed by atoms with E-state index in [1.807, 2.05) is 0 Å². The SMILES string of the molecule is Nc1ncc(C#CCC2CCCCC2)cn1. The molecule has 84 valence electrons. The van der Waals surface area contributed by atoms with Gasteiger partial charge in [0.05, 0.1) is 5.56 Å². The van der Waals surface area contributed by atoms with Crippen LogP contribution in [0, 0.1) is 17.8 Å². The summed E-state index contributed by atoms with van der Waals surface area (Å²) in [4.78, 5) is 7.82. The Bertz CT molecular complexity index is 380. The maximum absolute atomic E-state index is 5.40. The van der Waals surface area contributed by atoms with Crippen LogP contribution in [0.2, 0.25) is 0 Å². The summed E-state index contributed by atoms with van der Waals surface area (Å²) in [6.07, 6.45) is 11.2. The van der Waals surface area contributed by atoms with Crippen molar-refractivity contribution < 1.29 is 0 Å². The molecule has 16 heavy (non-hydrogen) atoms. The van der Waals surface area contributed by atoms with E-state index in [9.17, 15) is 0 Å². The molecule has 2 N–H and O–H groups in total. The first-order valence-corrected chi connectivity index (χ1v) is 5.91. The minimum absolute atomic E-state index is 0.304. The summed E-state index contributed by atoms with van der Waals surface area (Å²) in [7, 11) is 0. The van der Waals surface area contributed by atoms with Crippen molar-refractivity contribution in [3.63, 3.8) is 0 Å². The number of hydrogen-bond donors (Lipinski definition) is 1. The predicted molar refractivity (Wildman–Crippen MR) is 64.5 cm³/mol. The van der Waals surface area contributed by atoms with E-state index in [-0.39, 0.29) is 0 Å². The predicted octanol–water partition coefficient (Wildman–Crippen LogP) is 2.38. The van der Waals surface area contributed by atoms with Crippen LogP contribution in [0.3, 0.4) is 0 Å². The molecule has 0 amide bonds. The number of nitrogens with two attached hydrogens (primary N) is 1. The molecule has 3 nitrogen and oxygen atoms in total. The van der Waals surface area contributed by atoms with Crippen molar-refractivity contribution in [3.8, 4) is 11.8 Å². The number of aromatic nitrogens is 2. The van der Waals surface area contributed by atoms with Gasteiger partial charge in [0.1, 0.15) is 0 Å². The van der Waals surface area contributed by atoms with Crippen molar-refractivity contribution in [1.29, 1.82) is 0 Å². The lowest BCUT2D eigenvalue weighted by atomic mass is 9.87. The van der Waals surface area contributed by atoms with Crippen LogP contribution < -0.4 is 5.73 Å². The van der Waals surface area contributed by atoms with Gasteiger partial charge in [-0.25, -0.2) is 9.97 Å². The third-order valence-electron chi connectivity index (χ3n) is 3.02. The fourth-order valence-electron chi connectivity index (χ4n) is 2.09. The number of anilines is 1. The Kier molecular flexibility index (Phi) is 3.76. The lowest BCUT2D eigenvalue weighted by Gasteiger charge is -2.18. The molecular weight excluding hydrogens is 198 g/mol. The summed E-state index contributed by atoms with van der Waals surface area (Å²) in [5.41, 5.74) is 6.25. The van der Waals surface area contributed by atoms with Gasteiger partial charge in [-0.15, -0.1) is 0 Å². The third kappa shape index (κ3) is 3.23. The van der Waals surface area contributed by atoms with E-state index in [0.717, 1.165) is 17.9 Å². The zero-order chi connectivity index (χ0) is 11.2. The van der Waals surface area contributed by atoms with E-state index in [0.29, 0.717) is 5.95 Å². The quantitative estimate of drug-likeness (QED) is 0.732. The zero-order valence-corrected chi connectivity index (χ0v) is 9.45. The molecule has 1 fully saturated rings. The van der Waals surface area contributed by atoms with Gasteiger partial charge in [-0.3, -0.25) is 0 Å². The molecule has 0 bridgehead atoms. The van der Waals surface area contributed by atoms with E-state index < -0.39 is 0 Å². The second-order valence-corrected chi connectivity index (χ2v) is 4.34. The molecule has 2 rings (SSSR count). The Morgan fingerprint density at radius 2 is 1.88 bits per heavy atom.